The molecule has 0 saturated heterocycles. The van der Waals surface area contributed by atoms with Gasteiger partial charge < -0.3 is 10.6 Å². The van der Waals surface area contributed by atoms with Crippen LogP contribution in [0.3, 0.4) is 0 Å². The summed E-state index contributed by atoms with van der Waals surface area (Å²) in [5.41, 5.74) is 0.889. The van der Waals surface area contributed by atoms with Crippen molar-refractivity contribution < 1.29 is 9.37 Å². The van der Waals surface area contributed by atoms with E-state index in [0.717, 1.165) is 24.5 Å². The summed E-state index contributed by atoms with van der Waals surface area (Å²) in [5, 5.41) is 11.2. The Morgan fingerprint density at radius 2 is 2.24 bits per heavy atom. The van der Waals surface area contributed by atoms with Gasteiger partial charge in [-0.15, -0.1) is 11.7 Å². The molecule has 11 heteroatoms. The van der Waals surface area contributed by atoms with Crippen LogP contribution in [0.25, 0.3) is 5.52 Å². The van der Waals surface area contributed by atoms with Gasteiger partial charge in [-0.2, -0.15) is 0 Å². The van der Waals surface area contributed by atoms with Crippen LogP contribution in [-0.2, 0) is 17.9 Å². The van der Waals surface area contributed by atoms with E-state index in [2.05, 4.69) is 33.7 Å². The zero-order valence-electron chi connectivity index (χ0n) is 19.0. The molecular formula is C22H28ClN8O2+. The number of amidine groups is 1. The fourth-order valence-electron chi connectivity index (χ4n) is 4.38. The molecule has 2 N–H and O–H groups in total. The highest BCUT2D eigenvalue weighted by atomic mass is 35.5. The van der Waals surface area contributed by atoms with Crippen molar-refractivity contribution in [1.82, 2.24) is 29.7 Å². The number of fused-ring (bicyclic) bond motifs is 2. The predicted octanol–water partition coefficient (Wildman–Crippen LogP) is 1.15. The van der Waals surface area contributed by atoms with Crippen molar-refractivity contribution >= 4 is 35.2 Å². The Balaban J connectivity index is 1.86. The largest absolute Gasteiger partial charge is 0.367 e. The van der Waals surface area contributed by atoms with Crippen molar-refractivity contribution in [3.63, 3.8) is 0 Å². The lowest BCUT2D eigenvalue weighted by Gasteiger charge is -2.28. The van der Waals surface area contributed by atoms with Gasteiger partial charge in [-0.1, -0.05) is 24.6 Å². The lowest BCUT2D eigenvalue weighted by Crippen LogP contribution is -2.50. The summed E-state index contributed by atoms with van der Waals surface area (Å²) in [7, 11) is 1.93. The van der Waals surface area contributed by atoms with Gasteiger partial charge in [0.1, 0.15) is 24.1 Å². The molecule has 0 radical (unpaired) electrons. The molecule has 33 heavy (non-hydrogen) atoms. The number of carbonyl (C=O) groups excluding carboxylic acids is 1. The average Bonchev–Trinajstić information content (AvgIpc) is 3.33. The Morgan fingerprint density at radius 1 is 1.45 bits per heavy atom. The van der Waals surface area contributed by atoms with E-state index in [1.54, 1.807) is 35.4 Å². The molecule has 2 aromatic heterocycles. The minimum absolute atomic E-state index is 0.140. The Hall–Kier alpha value is -3.40. The third kappa shape index (κ3) is 4.18. The Morgan fingerprint density at radius 3 is 2.94 bits per heavy atom. The van der Waals surface area contributed by atoms with Crippen molar-refractivity contribution in [3.8, 4) is 0 Å². The summed E-state index contributed by atoms with van der Waals surface area (Å²) in [4.78, 5) is 31.5. The maximum absolute atomic E-state index is 13.2. The van der Waals surface area contributed by atoms with Crippen LogP contribution in [0.4, 0.5) is 0 Å². The number of aromatic nitrogens is 3. The van der Waals surface area contributed by atoms with Gasteiger partial charge in [0.25, 0.3) is 11.4 Å². The summed E-state index contributed by atoms with van der Waals surface area (Å²) < 4.78 is 5.32. The lowest BCUT2D eigenvalue weighted by molar-refractivity contribution is -0.551. The van der Waals surface area contributed by atoms with Crippen molar-refractivity contribution in [2.45, 2.75) is 39.5 Å². The van der Waals surface area contributed by atoms with Crippen molar-refractivity contribution in [2.24, 2.45) is 10.9 Å². The third-order valence-corrected chi connectivity index (χ3v) is 5.99. The zero-order valence-corrected chi connectivity index (χ0v) is 19.7. The quantitative estimate of drug-likeness (QED) is 0.466. The predicted molar refractivity (Wildman–Crippen MR) is 127 cm³/mol. The molecule has 1 amide bonds. The third-order valence-electron chi connectivity index (χ3n) is 5.68. The lowest BCUT2D eigenvalue weighted by atomic mass is 10.0. The van der Waals surface area contributed by atoms with Crippen molar-refractivity contribution in [2.75, 3.05) is 13.6 Å². The number of nitrogens with one attached hydrogen (secondary N) is 2. The molecular weight excluding hydrogens is 444 g/mol. The van der Waals surface area contributed by atoms with Gasteiger partial charge >= 0.3 is 0 Å². The first-order valence-electron chi connectivity index (χ1n) is 10.8. The van der Waals surface area contributed by atoms with Crippen LogP contribution in [-0.4, -0.2) is 61.5 Å². The summed E-state index contributed by atoms with van der Waals surface area (Å²) >= 11 is 6.23. The first-order chi connectivity index (χ1) is 15.8. The van der Waals surface area contributed by atoms with Crippen LogP contribution in [0.15, 0.2) is 46.6 Å². The number of aliphatic imine (C=N–C) groups is 1. The van der Waals surface area contributed by atoms with Crippen LogP contribution in [0.1, 0.15) is 26.1 Å². The fraction of sp³-hybridized carbons (Fsp3) is 0.409. The van der Waals surface area contributed by atoms with Crippen LogP contribution in [0, 0.1) is 5.92 Å². The average molecular weight is 472 g/mol. The number of hydrogen-bond acceptors (Lipinski definition) is 5. The van der Waals surface area contributed by atoms with Gasteiger partial charge in [0.15, 0.2) is 12.2 Å². The van der Waals surface area contributed by atoms with E-state index in [9.17, 15) is 9.59 Å². The molecule has 0 fully saturated rings. The molecule has 4 rings (SSSR count). The van der Waals surface area contributed by atoms with Crippen LogP contribution >= 0.6 is 11.6 Å². The van der Waals surface area contributed by atoms with Crippen molar-refractivity contribution in [3.05, 3.63) is 58.0 Å². The van der Waals surface area contributed by atoms with Gasteiger partial charge in [-0.25, -0.2) is 14.4 Å². The molecule has 10 nitrogen and oxygen atoms in total. The fourth-order valence-corrected chi connectivity index (χ4v) is 4.61. The summed E-state index contributed by atoms with van der Waals surface area (Å²) in [6.07, 6.45) is 7.60. The minimum Gasteiger partial charge on any atom is -0.367 e. The monoisotopic (exact) mass is 471 g/mol. The molecule has 0 saturated carbocycles. The second-order valence-electron chi connectivity index (χ2n) is 8.10. The van der Waals surface area contributed by atoms with Crippen LogP contribution in [0.2, 0.25) is 5.02 Å². The number of amides is 1. The summed E-state index contributed by atoms with van der Waals surface area (Å²) in [6.45, 7) is 8.80. The van der Waals surface area contributed by atoms with Gasteiger partial charge in [0, 0.05) is 25.9 Å². The molecule has 2 aliphatic rings. The molecule has 2 aliphatic heterocycles. The normalized spacial score (nSPS) is 21.0. The van der Waals surface area contributed by atoms with Gasteiger partial charge in [-0.3, -0.25) is 18.7 Å². The SMILES string of the molecule is C=CCn1c(C[N+](CCC)=C2C3C(NC(C)=O)=CNC3N=CN2C)nn2ccc(Cl)c2c1=O. The number of carbonyl (C=O) groups is 1. The standard InChI is InChI=1S/C22H27ClN8O2/c1-5-8-29(21-18-16(26-14(3)32)11-24-20(18)25-13-28(21)4)12-17-27-31-10-7-15(23)19(31)22(33)30(17)9-6-2/h6-7,10-11,13,18,20,24H,2,5,8-9,12H2,1,3-4H3/p+1. The second kappa shape index (κ2) is 9.22. The van der Waals surface area contributed by atoms with Crippen LogP contribution < -0.4 is 16.2 Å². The highest BCUT2D eigenvalue weighted by Crippen LogP contribution is 2.26. The van der Waals surface area contributed by atoms with Gasteiger partial charge in [-0.05, 0) is 12.5 Å². The molecule has 2 atom stereocenters. The van der Waals surface area contributed by atoms with E-state index >= 15 is 0 Å². The highest BCUT2D eigenvalue weighted by Gasteiger charge is 2.44. The highest BCUT2D eigenvalue weighted by molar-refractivity contribution is 6.33. The molecule has 0 spiro atoms. The van der Waals surface area contributed by atoms with E-state index in [-0.39, 0.29) is 23.6 Å². The zero-order chi connectivity index (χ0) is 23.7. The second-order valence-corrected chi connectivity index (χ2v) is 8.51. The number of hydrogen-bond donors (Lipinski definition) is 2. The molecule has 0 aromatic carbocycles. The maximum Gasteiger partial charge on any atom is 0.279 e. The van der Waals surface area contributed by atoms with Gasteiger partial charge in [0.2, 0.25) is 5.91 Å². The van der Waals surface area contributed by atoms with E-state index in [1.165, 1.54) is 11.4 Å². The molecule has 0 aliphatic carbocycles. The van der Waals surface area contributed by atoms with E-state index in [1.807, 2.05) is 11.9 Å². The van der Waals surface area contributed by atoms with E-state index < -0.39 is 0 Å². The molecule has 0 bridgehead atoms. The molecule has 174 valence electrons. The Labute approximate surface area is 196 Å². The number of rotatable bonds is 7. The Bertz CT molecular complexity index is 1260. The minimum atomic E-state index is -0.216. The first-order valence-corrected chi connectivity index (χ1v) is 11.2. The van der Waals surface area contributed by atoms with E-state index in [4.69, 9.17) is 16.7 Å². The number of allylic oxidation sites excluding steroid dienone is 1. The number of halogens is 1. The molecule has 4 heterocycles. The molecule has 2 unspecified atom stereocenters. The van der Waals surface area contributed by atoms with Crippen molar-refractivity contribution in [1.29, 1.82) is 0 Å². The van der Waals surface area contributed by atoms with Gasteiger partial charge in [0.05, 0.1) is 24.3 Å². The topological polar surface area (TPSA) is 99.0 Å². The maximum atomic E-state index is 13.2. The Kier molecular flexibility index (Phi) is 6.37. The molecule has 2 aromatic rings. The summed E-state index contributed by atoms with van der Waals surface area (Å²) in [6, 6.07) is 1.66. The summed E-state index contributed by atoms with van der Waals surface area (Å²) in [5.74, 6) is 1.23. The first kappa shape index (κ1) is 22.8. The smallest absolute Gasteiger partial charge is 0.279 e. The van der Waals surface area contributed by atoms with Crippen LogP contribution in [0.5, 0.6) is 0 Å². The van der Waals surface area contributed by atoms with E-state index in [0.29, 0.717) is 29.5 Å². The number of nitrogens with zero attached hydrogens (tertiary/aromatic N) is 6.